The maximum absolute atomic E-state index is 11.8. The van der Waals surface area contributed by atoms with Gasteiger partial charge in [-0.25, -0.2) is 13.2 Å². The highest BCUT2D eigenvalue weighted by Gasteiger charge is 2.20. The molecular formula is C12H15N3O4S. The normalized spacial score (nSPS) is 10.4. The van der Waals surface area contributed by atoms with Gasteiger partial charge < -0.3 is 10.1 Å². The molecule has 7 nitrogen and oxygen atoms in total. The van der Waals surface area contributed by atoms with Crippen LogP contribution in [-0.4, -0.2) is 41.0 Å². The molecule has 1 rings (SSSR count). The zero-order valence-corrected chi connectivity index (χ0v) is 12.0. The summed E-state index contributed by atoms with van der Waals surface area (Å²) in [4.78, 5) is 10.9. The molecule has 0 heterocycles. The van der Waals surface area contributed by atoms with Crippen LogP contribution in [0, 0.1) is 11.3 Å². The lowest BCUT2D eigenvalue weighted by atomic mass is 10.2. The van der Waals surface area contributed by atoms with E-state index in [2.05, 4.69) is 10.1 Å². The summed E-state index contributed by atoms with van der Waals surface area (Å²) < 4.78 is 29.1. The van der Waals surface area contributed by atoms with Gasteiger partial charge in [-0.15, -0.1) is 0 Å². The molecule has 0 saturated carbocycles. The van der Waals surface area contributed by atoms with E-state index in [1.54, 1.807) is 12.1 Å². The molecular weight excluding hydrogens is 282 g/mol. The predicted molar refractivity (Wildman–Crippen MR) is 73.8 cm³/mol. The van der Waals surface area contributed by atoms with E-state index < -0.39 is 16.1 Å². The Hall–Kier alpha value is -2.27. The van der Waals surface area contributed by atoms with E-state index in [1.165, 1.54) is 19.2 Å². The number of nitrogens with zero attached hydrogens (tertiary/aromatic N) is 2. The average molecular weight is 297 g/mol. The number of anilines is 1. The number of nitrogens with one attached hydrogen (secondary N) is 1. The lowest BCUT2D eigenvalue weighted by Crippen LogP contribution is -2.38. The van der Waals surface area contributed by atoms with Crippen molar-refractivity contribution < 1.29 is 17.9 Å². The number of carbonyl (C=O) groups excluding carboxylic acids is 1. The van der Waals surface area contributed by atoms with Crippen molar-refractivity contribution in [3.8, 4) is 6.07 Å². The number of rotatable bonds is 5. The fourth-order valence-electron chi connectivity index (χ4n) is 1.58. The van der Waals surface area contributed by atoms with E-state index in [9.17, 15) is 13.2 Å². The first-order chi connectivity index (χ1) is 9.40. The van der Waals surface area contributed by atoms with E-state index in [0.29, 0.717) is 0 Å². The van der Waals surface area contributed by atoms with Crippen LogP contribution in [0.25, 0.3) is 0 Å². The summed E-state index contributed by atoms with van der Waals surface area (Å²) in [6.07, 6.45) is 0.395. The number of carbonyl (C=O) groups is 1. The molecule has 0 atom stereocenters. The fourth-order valence-corrected chi connectivity index (χ4v) is 2.52. The van der Waals surface area contributed by atoms with Crippen LogP contribution in [0.5, 0.6) is 0 Å². The second-order valence-corrected chi connectivity index (χ2v) is 5.79. The number of hydrogen-bond acceptors (Lipinski definition) is 5. The van der Waals surface area contributed by atoms with Crippen LogP contribution in [0.4, 0.5) is 10.5 Å². The summed E-state index contributed by atoms with van der Waals surface area (Å²) >= 11 is 0. The number of nitriles is 1. The predicted octanol–water partition coefficient (Wildman–Crippen LogP) is 0.680. The molecule has 0 spiro atoms. The van der Waals surface area contributed by atoms with Gasteiger partial charge in [0.1, 0.15) is 6.07 Å². The van der Waals surface area contributed by atoms with Crippen molar-refractivity contribution in [2.24, 2.45) is 0 Å². The van der Waals surface area contributed by atoms with Gasteiger partial charge in [-0.05, 0) is 12.1 Å². The molecule has 1 amide bonds. The van der Waals surface area contributed by atoms with Crippen molar-refractivity contribution in [1.82, 2.24) is 5.32 Å². The van der Waals surface area contributed by atoms with Crippen LogP contribution in [0.2, 0.25) is 0 Å². The smallest absolute Gasteiger partial charge is 0.406 e. The highest BCUT2D eigenvalue weighted by Crippen LogP contribution is 2.21. The second-order valence-electron chi connectivity index (χ2n) is 3.88. The Morgan fingerprint density at radius 2 is 2.10 bits per heavy atom. The molecule has 0 bridgehead atoms. The average Bonchev–Trinajstić information content (AvgIpc) is 2.42. The third-order valence-electron chi connectivity index (χ3n) is 2.46. The molecule has 0 saturated heterocycles. The number of amides is 1. The van der Waals surface area contributed by atoms with Crippen molar-refractivity contribution in [3.63, 3.8) is 0 Å². The molecule has 1 aromatic rings. The fraction of sp³-hybridized carbons (Fsp3) is 0.333. The lowest BCUT2D eigenvalue weighted by Gasteiger charge is -2.23. The summed E-state index contributed by atoms with van der Waals surface area (Å²) in [5.74, 6) is 0. The van der Waals surface area contributed by atoms with Gasteiger partial charge in [0.15, 0.2) is 0 Å². The van der Waals surface area contributed by atoms with E-state index >= 15 is 0 Å². The Balaban J connectivity index is 2.97. The van der Waals surface area contributed by atoms with Crippen molar-refractivity contribution >= 4 is 21.8 Å². The molecule has 1 N–H and O–H groups in total. The summed E-state index contributed by atoms with van der Waals surface area (Å²) in [5.41, 5.74) is 0.528. The minimum absolute atomic E-state index is 0.00657. The molecule has 0 aromatic heterocycles. The highest BCUT2D eigenvalue weighted by atomic mass is 32.2. The van der Waals surface area contributed by atoms with Gasteiger partial charge in [-0.2, -0.15) is 5.26 Å². The van der Waals surface area contributed by atoms with Gasteiger partial charge in [0.2, 0.25) is 10.0 Å². The van der Waals surface area contributed by atoms with Crippen LogP contribution in [-0.2, 0) is 14.8 Å². The summed E-state index contributed by atoms with van der Waals surface area (Å²) in [6.45, 7) is 0.0755. The van der Waals surface area contributed by atoms with Crippen molar-refractivity contribution in [2.45, 2.75) is 0 Å². The number of benzene rings is 1. The molecule has 0 fully saturated rings. The van der Waals surface area contributed by atoms with Crippen molar-refractivity contribution in [1.29, 1.82) is 5.26 Å². The molecule has 0 aliphatic carbocycles. The monoisotopic (exact) mass is 297 g/mol. The maximum Gasteiger partial charge on any atom is 0.406 e. The Morgan fingerprint density at radius 1 is 1.45 bits per heavy atom. The molecule has 1 aromatic carbocycles. The van der Waals surface area contributed by atoms with Crippen LogP contribution >= 0.6 is 0 Å². The van der Waals surface area contributed by atoms with Gasteiger partial charge >= 0.3 is 6.09 Å². The van der Waals surface area contributed by atoms with Gasteiger partial charge in [-0.1, -0.05) is 12.1 Å². The van der Waals surface area contributed by atoms with E-state index in [-0.39, 0.29) is 24.3 Å². The third-order valence-corrected chi connectivity index (χ3v) is 3.64. The Morgan fingerprint density at radius 3 is 2.65 bits per heavy atom. The van der Waals surface area contributed by atoms with Gasteiger partial charge in [-0.3, -0.25) is 4.31 Å². The molecule has 0 aliphatic rings. The quantitative estimate of drug-likeness (QED) is 0.861. The molecule has 8 heteroatoms. The maximum atomic E-state index is 11.8. The SMILES string of the molecule is COC(=O)NCCN(c1ccccc1C#N)S(C)(=O)=O. The largest absolute Gasteiger partial charge is 0.453 e. The van der Waals surface area contributed by atoms with E-state index in [0.717, 1.165) is 10.6 Å². The summed E-state index contributed by atoms with van der Waals surface area (Å²) in [6, 6.07) is 8.30. The van der Waals surface area contributed by atoms with E-state index in [1.807, 2.05) is 6.07 Å². The zero-order valence-electron chi connectivity index (χ0n) is 11.2. The Labute approximate surface area is 117 Å². The van der Waals surface area contributed by atoms with Gasteiger partial charge in [0.05, 0.1) is 31.2 Å². The molecule has 0 unspecified atom stereocenters. The number of alkyl carbamates (subject to hydrolysis) is 1. The number of hydrogen-bond donors (Lipinski definition) is 1. The number of ether oxygens (including phenoxy) is 1. The molecule has 0 radical (unpaired) electrons. The molecule has 0 aliphatic heterocycles. The van der Waals surface area contributed by atoms with E-state index in [4.69, 9.17) is 5.26 Å². The minimum Gasteiger partial charge on any atom is -0.453 e. The molecule has 20 heavy (non-hydrogen) atoms. The number of sulfonamides is 1. The Kier molecular flexibility index (Phi) is 5.34. The first-order valence-electron chi connectivity index (χ1n) is 5.68. The summed E-state index contributed by atoms with van der Waals surface area (Å²) in [5, 5.41) is 11.4. The van der Waals surface area contributed by atoms with Gasteiger partial charge in [0.25, 0.3) is 0 Å². The zero-order chi connectivity index (χ0) is 15.2. The first-order valence-corrected chi connectivity index (χ1v) is 7.53. The standard InChI is InChI=1S/C12H15N3O4S/c1-19-12(16)14-7-8-15(20(2,17)18)11-6-4-3-5-10(11)9-13/h3-6H,7-8H2,1-2H3,(H,14,16). The van der Waals surface area contributed by atoms with Crippen LogP contribution < -0.4 is 9.62 Å². The number of para-hydroxylation sites is 1. The van der Waals surface area contributed by atoms with Crippen molar-refractivity contribution in [2.75, 3.05) is 30.8 Å². The van der Waals surface area contributed by atoms with Crippen LogP contribution in [0.1, 0.15) is 5.56 Å². The third kappa shape index (κ3) is 4.13. The van der Waals surface area contributed by atoms with Crippen LogP contribution in [0.15, 0.2) is 24.3 Å². The first kappa shape index (κ1) is 15.8. The minimum atomic E-state index is -3.57. The van der Waals surface area contributed by atoms with Crippen molar-refractivity contribution in [3.05, 3.63) is 29.8 Å². The summed E-state index contributed by atoms with van der Waals surface area (Å²) in [7, 11) is -2.35. The van der Waals surface area contributed by atoms with Gasteiger partial charge in [0, 0.05) is 6.54 Å². The number of methoxy groups -OCH3 is 1. The highest BCUT2D eigenvalue weighted by molar-refractivity contribution is 7.92. The lowest BCUT2D eigenvalue weighted by molar-refractivity contribution is 0.171. The Bertz CT molecular complexity index is 622. The molecule has 108 valence electrons. The topological polar surface area (TPSA) is 99.5 Å². The second kappa shape index (κ2) is 6.77. The van der Waals surface area contributed by atoms with Crippen LogP contribution in [0.3, 0.4) is 0 Å².